The van der Waals surface area contributed by atoms with Crippen molar-refractivity contribution in [1.82, 2.24) is 29.3 Å². The van der Waals surface area contributed by atoms with E-state index in [9.17, 15) is 19.5 Å². The number of rotatable bonds is 9. The summed E-state index contributed by atoms with van der Waals surface area (Å²) in [5.41, 5.74) is 3.49. The monoisotopic (exact) mass is 724 g/mol. The fourth-order valence-corrected chi connectivity index (χ4v) is 6.14. The van der Waals surface area contributed by atoms with Gasteiger partial charge in [0.2, 0.25) is 0 Å². The van der Waals surface area contributed by atoms with Gasteiger partial charge in [-0.15, -0.1) is 0 Å². The van der Waals surface area contributed by atoms with E-state index in [0.717, 1.165) is 26.9 Å². The van der Waals surface area contributed by atoms with Crippen molar-refractivity contribution < 1.29 is 19.4 Å². The molecule has 0 saturated heterocycles. The number of carbonyl (C=O) groups excluding carboxylic acids is 2. The Morgan fingerprint density at radius 3 is 2.53 bits per heavy atom. The standard InChI is InChI=1S/C37H37BrN6O5/c1-23-17-25(9-14-30(23)38)35(46)42-20-32-33(34(45)40-18-26-7-5-6-8-29(26)31-15-16-39-22-41-31)44(36(47)43(32)19-24(42)2)27-10-12-28(13-11-27)49-21-37(3,4)48/h5-17,22,24,48H,18-21H2,1-4H3,(H,40,45)/t24-/m1/s1. The van der Waals surface area contributed by atoms with Gasteiger partial charge in [-0.1, -0.05) is 40.2 Å². The van der Waals surface area contributed by atoms with Crippen molar-refractivity contribution in [2.24, 2.45) is 0 Å². The van der Waals surface area contributed by atoms with Gasteiger partial charge in [0, 0.05) is 40.9 Å². The topological polar surface area (TPSA) is 132 Å². The number of fused-ring (bicyclic) bond motifs is 1. The van der Waals surface area contributed by atoms with E-state index in [1.54, 1.807) is 65.9 Å². The van der Waals surface area contributed by atoms with E-state index in [4.69, 9.17) is 4.74 Å². The van der Waals surface area contributed by atoms with Gasteiger partial charge in [-0.05, 0) is 87.4 Å². The first-order chi connectivity index (χ1) is 23.4. The first kappa shape index (κ1) is 33.8. The van der Waals surface area contributed by atoms with Gasteiger partial charge in [0.1, 0.15) is 24.4 Å². The molecule has 49 heavy (non-hydrogen) atoms. The van der Waals surface area contributed by atoms with Crippen LogP contribution in [0.15, 0.2) is 94.6 Å². The van der Waals surface area contributed by atoms with E-state index in [1.165, 1.54) is 10.9 Å². The van der Waals surface area contributed by atoms with Crippen LogP contribution in [-0.4, -0.2) is 59.2 Å². The number of carbonyl (C=O) groups is 2. The number of aliphatic hydroxyl groups is 1. The molecule has 0 saturated carbocycles. The summed E-state index contributed by atoms with van der Waals surface area (Å²) in [4.78, 5) is 52.3. The molecule has 1 aliphatic rings. The summed E-state index contributed by atoms with van der Waals surface area (Å²) in [6, 6.07) is 21.3. The number of imidazole rings is 1. The van der Waals surface area contributed by atoms with E-state index < -0.39 is 11.5 Å². The van der Waals surface area contributed by atoms with Crippen molar-refractivity contribution in [2.75, 3.05) is 6.61 Å². The van der Waals surface area contributed by atoms with Crippen molar-refractivity contribution in [1.29, 1.82) is 0 Å². The second-order valence-corrected chi connectivity index (χ2v) is 13.7. The van der Waals surface area contributed by atoms with Crippen molar-refractivity contribution in [3.05, 3.63) is 128 Å². The van der Waals surface area contributed by atoms with Crippen molar-refractivity contribution in [3.63, 3.8) is 0 Å². The largest absolute Gasteiger partial charge is 0.491 e. The first-order valence-corrected chi connectivity index (χ1v) is 16.7. The zero-order valence-electron chi connectivity index (χ0n) is 27.7. The fraction of sp³-hybridized carbons (Fsp3) is 0.270. The Balaban J connectivity index is 1.38. The van der Waals surface area contributed by atoms with Gasteiger partial charge in [-0.25, -0.2) is 14.8 Å². The third-order valence-corrected chi connectivity index (χ3v) is 9.32. The third kappa shape index (κ3) is 7.20. The van der Waals surface area contributed by atoms with Crippen LogP contribution >= 0.6 is 15.9 Å². The number of nitrogens with zero attached hydrogens (tertiary/aromatic N) is 5. The maximum atomic E-state index is 14.3. The molecule has 3 heterocycles. The molecule has 2 N–H and O–H groups in total. The van der Waals surface area contributed by atoms with Gasteiger partial charge < -0.3 is 20.1 Å². The lowest BCUT2D eigenvalue weighted by atomic mass is 10.0. The Hall–Kier alpha value is -5.07. The minimum absolute atomic E-state index is 0.0599. The molecule has 5 aromatic rings. The highest BCUT2D eigenvalue weighted by atomic mass is 79.9. The number of benzene rings is 3. The lowest BCUT2D eigenvalue weighted by molar-refractivity contribution is 0.0285. The van der Waals surface area contributed by atoms with Crippen molar-refractivity contribution >= 4 is 27.7 Å². The molecule has 0 radical (unpaired) electrons. The van der Waals surface area contributed by atoms with Crippen LogP contribution in [-0.2, 0) is 19.6 Å². The molecule has 0 unspecified atom stereocenters. The number of amides is 2. The molecule has 2 amide bonds. The summed E-state index contributed by atoms with van der Waals surface area (Å²) in [7, 11) is 0. The second-order valence-electron chi connectivity index (χ2n) is 12.8. The number of ether oxygens (including phenoxy) is 1. The first-order valence-electron chi connectivity index (χ1n) is 15.9. The highest BCUT2D eigenvalue weighted by Gasteiger charge is 2.35. The van der Waals surface area contributed by atoms with Crippen LogP contribution in [0.3, 0.4) is 0 Å². The average Bonchev–Trinajstić information content (AvgIpc) is 3.38. The van der Waals surface area contributed by atoms with Crippen LogP contribution in [0, 0.1) is 6.92 Å². The molecule has 0 fully saturated rings. The molecule has 252 valence electrons. The quantitative estimate of drug-likeness (QED) is 0.211. The minimum Gasteiger partial charge on any atom is -0.491 e. The highest BCUT2D eigenvalue weighted by molar-refractivity contribution is 9.10. The smallest absolute Gasteiger partial charge is 0.333 e. The number of aryl methyl sites for hydroxylation is 1. The maximum Gasteiger partial charge on any atom is 0.333 e. The van der Waals surface area contributed by atoms with Crippen LogP contribution in [0.4, 0.5) is 0 Å². The lowest BCUT2D eigenvalue weighted by Gasteiger charge is -2.34. The summed E-state index contributed by atoms with van der Waals surface area (Å²) in [5, 5.41) is 13.1. The summed E-state index contributed by atoms with van der Waals surface area (Å²) >= 11 is 3.50. The molecule has 12 heteroatoms. The molecule has 3 aromatic carbocycles. The molecule has 1 aliphatic heterocycles. The van der Waals surface area contributed by atoms with Gasteiger partial charge in [0.05, 0.1) is 29.2 Å². The molecule has 0 spiro atoms. The van der Waals surface area contributed by atoms with Crippen molar-refractivity contribution in [3.8, 4) is 22.7 Å². The summed E-state index contributed by atoms with van der Waals surface area (Å²) < 4.78 is 9.60. The van der Waals surface area contributed by atoms with E-state index in [1.807, 2.05) is 50.2 Å². The maximum absolute atomic E-state index is 14.3. The Morgan fingerprint density at radius 1 is 1.08 bits per heavy atom. The number of hydrogen-bond donors (Lipinski definition) is 2. The van der Waals surface area contributed by atoms with Crippen LogP contribution in [0.25, 0.3) is 16.9 Å². The Morgan fingerprint density at radius 2 is 1.84 bits per heavy atom. The summed E-state index contributed by atoms with van der Waals surface area (Å²) in [5.74, 6) is -0.148. The van der Waals surface area contributed by atoms with E-state index in [2.05, 4.69) is 31.2 Å². The third-order valence-electron chi connectivity index (χ3n) is 8.43. The number of hydrogen-bond acceptors (Lipinski definition) is 7. The number of nitrogens with one attached hydrogen (secondary N) is 1. The van der Waals surface area contributed by atoms with Crippen LogP contribution in [0.1, 0.15) is 58.4 Å². The average molecular weight is 726 g/mol. The molecule has 0 aliphatic carbocycles. The van der Waals surface area contributed by atoms with E-state index >= 15 is 0 Å². The van der Waals surface area contributed by atoms with Gasteiger partial charge in [0.15, 0.2) is 0 Å². The van der Waals surface area contributed by atoms with Crippen LogP contribution in [0.2, 0.25) is 0 Å². The Kier molecular flexibility index (Phi) is 9.53. The zero-order chi connectivity index (χ0) is 34.9. The number of halogens is 1. The molecule has 6 rings (SSSR count). The lowest BCUT2D eigenvalue weighted by Crippen LogP contribution is -2.47. The van der Waals surface area contributed by atoms with E-state index in [0.29, 0.717) is 22.7 Å². The second kappa shape index (κ2) is 13.8. The van der Waals surface area contributed by atoms with Crippen molar-refractivity contribution in [2.45, 2.75) is 59.0 Å². The zero-order valence-corrected chi connectivity index (χ0v) is 29.3. The summed E-state index contributed by atoms with van der Waals surface area (Å²) in [6.07, 6.45) is 3.13. The predicted octanol–water partition coefficient (Wildman–Crippen LogP) is 5.29. The van der Waals surface area contributed by atoms with E-state index in [-0.39, 0.29) is 49.6 Å². The predicted molar refractivity (Wildman–Crippen MR) is 189 cm³/mol. The molecular formula is C37H37BrN6O5. The molecule has 11 nitrogen and oxygen atoms in total. The van der Waals surface area contributed by atoms with Crippen LogP contribution in [0.5, 0.6) is 5.75 Å². The summed E-state index contributed by atoms with van der Waals surface area (Å²) in [6.45, 7) is 7.64. The Labute approximate surface area is 292 Å². The molecule has 2 aromatic heterocycles. The molecule has 1 atom stereocenters. The Bertz CT molecular complexity index is 2070. The van der Waals surface area contributed by atoms with Gasteiger partial charge >= 0.3 is 5.69 Å². The van der Waals surface area contributed by atoms with Gasteiger partial charge in [-0.2, -0.15) is 0 Å². The molecular weight excluding hydrogens is 688 g/mol. The minimum atomic E-state index is -1.02. The van der Waals surface area contributed by atoms with Gasteiger partial charge in [-0.3, -0.25) is 18.7 Å². The van der Waals surface area contributed by atoms with Gasteiger partial charge in [0.25, 0.3) is 11.8 Å². The fourth-order valence-electron chi connectivity index (χ4n) is 5.89. The SMILES string of the molecule is Cc1cc(C(=O)N2Cc3c(C(=O)NCc4ccccc4-c4ccncn4)n(-c4ccc(OCC(C)(C)O)cc4)c(=O)n3C[C@H]2C)ccc1Br. The normalized spacial score (nSPS) is 14.3. The number of aromatic nitrogens is 4. The molecule has 0 bridgehead atoms. The van der Waals surface area contributed by atoms with Crippen LogP contribution < -0.4 is 15.7 Å². The highest BCUT2D eigenvalue weighted by Crippen LogP contribution is 2.27.